The van der Waals surface area contributed by atoms with Crippen LogP contribution in [0.1, 0.15) is 18.5 Å². The van der Waals surface area contributed by atoms with E-state index in [1.165, 1.54) is 10.6 Å². The van der Waals surface area contributed by atoms with Crippen molar-refractivity contribution in [1.82, 2.24) is 14.2 Å². The molecule has 2 rings (SSSR count). The summed E-state index contributed by atoms with van der Waals surface area (Å²) in [6.45, 7) is 2.77. The first-order valence-electron chi connectivity index (χ1n) is 7.19. The van der Waals surface area contributed by atoms with Crippen LogP contribution in [0.25, 0.3) is 0 Å². The Bertz CT molecular complexity index is 639. The molecule has 122 valence electrons. The Balaban J connectivity index is 1.92. The molecule has 1 aliphatic rings. The highest BCUT2D eigenvalue weighted by Crippen LogP contribution is 2.18. The first-order valence-corrected chi connectivity index (χ1v) is 9.04. The molecule has 1 aliphatic heterocycles. The van der Waals surface area contributed by atoms with E-state index in [1.54, 1.807) is 30.3 Å². The molecular formula is C14H22N4O3S. The van der Waals surface area contributed by atoms with Crippen molar-refractivity contribution < 1.29 is 13.2 Å². The number of pyridine rings is 1. The van der Waals surface area contributed by atoms with E-state index in [0.29, 0.717) is 31.6 Å². The third-order valence-electron chi connectivity index (χ3n) is 3.91. The molecule has 8 heteroatoms. The summed E-state index contributed by atoms with van der Waals surface area (Å²) < 4.78 is 24.5. The van der Waals surface area contributed by atoms with Gasteiger partial charge in [0.15, 0.2) is 0 Å². The minimum Gasteiger partial charge on any atom is -0.325 e. The lowest BCUT2D eigenvalue weighted by molar-refractivity contribution is 0.174. The average Bonchev–Trinajstić information content (AvgIpc) is 2.45. The second-order valence-corrected chi connectivity index (χ2v) is 7.60. The molecule has 1 aromatic rings. The fourth-order valence-electron chi connectivity index (χ4n) is 2.56. The highest BCUT2D eigenvalue weighted by Gasteiger charge is 2.28. The van der Waals surface area contributed by atoms with Crippen molar-refractivity contribution in [3.8, 4) is 0 Å². The Morgan fingerprint density at radius 3 is 2.59 bits per heavy atom. The molecule has 0 spiro atoms. The highest BCUT2D eigenvalue weighted by atomic mass is 32.2. The number of amides is 2. The summed E-state index contributed by atoms with van der Waals surface area (Å²) in [5.41, 5.74) is 1.54. The zero-order valence-corrected chi connectivity index (χ0v) is 13.9. The highest BCUT2D eigenvalue weighted by molar-refractivity contribution is 7.88. The second kappa shape index (κ2) is 6.62. The number of anilines is 1. The van der Waals surface area contributed by atoms with E-state index in [2.05, 4.69) is 10.3 Å². The van der Waals surface area contributed by atoms with Crippen LogP contribution in [-0.2, 0) is 10.0 Å². The molecule has 1 fully saturated rings. The first-order chi connectivity index (χ1) is 10.3. The van der Waals surface area contributed by atoms with Crippen LogP contribution in [0, 0.1) is 6.92 Å². The molecule has 0 saturated carbocycles. The van der Waals surface area contributed by atoms with Gasteiger partial charge in [-0.3, -0.25) is 4.98 Å². The summed E-state index contributed by atoms with van der Waals surface area (Å²) in [4.78, 5) is 18.0. The third kappa shape index (κ3) is 4.17. The van der Waals surface area contributed by atoms with Crippen molar-refractivity contribution in [2.24, 2.45) is 0 Å². The lowest BCUT2D eigenvalue weighted by atomic mass is 10.1. The molecule has 1 N–H and O–H groups in total. The van der Waals surface area contributed by atoms with Gasteiger partial charge in [-0.25, -0.2) is 17.5 Å². The molecule has 1 saturated heterocycles. The van der Waals surface area contributed by atoms with E-state index in [-0.39, 0.29) is 12.1 Å². The third-order valence-corrected chi connectivity index (χ3v) is 5.21. The quantitative estimate of drug-likeness (QED) is 0.907. The number of hydrogen-bond acceptors (Lipinski definition) is 4. The topological polar surface area (TPSA) is 82.6 Å². The number of nitrogens with one attached hydrogen (secondary N) is 1. The number of urea groups is 1. The summed E-state index contributed by atoms with van der Waals surface area (Å²) in [6, 6.07) is 3.40. The molecule has 0 bridgehead atoms. The number of piperidine rings is 1. The molecule has 0 unspecified atom stereocenters. The van der Waals surface area contributed by atoms with Crippen molar-refractivity contribution in [2.75, 3.05) is 31.7 Å². The maximum atomic E-state index is 12.3. The van der Waals surface area contributed by atoms with Crippen molar-refractivity contribution in [3.63, 3.8) is 0 Å². The number of hydrogen-bond donors (Lipinski definition) is 1. The van der Waals surface area contributed by atoms with E-state index >= 15 is 0 Å². The van der Waals surface area contributed by atoms with E-state index in [1.807, 2.05) is 6.92 Å². The smallest absolute Gasteiger partial charge is 0.321 e. The van der Waals surface area contributed by atoms with Crippen molar-refractivity contribution in [2.45, 2.75) is 25.8 Å². The number of rotatable bonds is 3. The fourth-order valence-corrected chi connectivity index (χ4v) is 3.44. The summed E-state index contributed by atoms with van der Waals surface area (Å²) in [5, 5.41) is 2.84. The number of carbonyl (C=O) groups is 1. The average molecular weight is 326 g/mol. The molecule has 0 aromatic carbocycles. The number of sulfonamides is 1. The normalized spacial score (nSPS) is 17.2. The lowest BCUT2D eigenvalue weighted by Crippen LogP contribution is -2.48. The number of aromatic nitrogens is 1. The minimum absolute atomic E-state index is 0.0425. The van der Waals surface area contributed by atoms with Gasteiger partial charge in [-0.05, 0) is 31.9 Å². The van der Waals surface area contributed by atoms with Gasteiger partial charge in [0.05, 0.1) is 6.26 Å². The summed E-state index contributed by atoms with van der Waals surface area (Å²) in [7, 11) is -1.40. The van der Waals surface area contributed by atoms with Crippen molar-refractivity contribution in [3.05, 3.63) is 24.0 Å². The number of aryl methyl sites for hydroxylation is 1. The van der Waals surface area contributed by atoms with Crippen LogP contribution in [0.2, 0.25) is 0 Å². The predicted molar refractivity (Wildman–Crippen MR) is 85.2 cm³/mol. The van der Waals surface area contributed by atoms with Gasteiger partial charge in [-0.2, -0.15) is 0 Å². The van der Waals surface area contributed by atoms with Gasteiger partial charge in [0, 0.05) is 43.8 Å². The van der Waals surface area contributed by atoms with Crippen LogP contribution in [0.15, 0.2) is 18.3 Å². The molecule has 2 amide bonds. The molecule has 22 heavy (non-hydrogen) atoms. The molecule has 7 nitrogen and oxygen atoms in total. The largest absolute Gasteiger partial charge is 0.325 e. The van der Waals surface area contributed by atoms with Crippen LogP contribution in [0.5, 0.6) is 0 Å². The molecule has 1 aromatic heterocycles. The monoisotopic (exact) mass is 326 g/mol. The van der Waals surface area contributed by atoms with Gasteiger partial charge < -0.3 is 10.2 Å². The van der Waals surface area contributed by atoms with Gasteiger partial charge in [0.25, 0.3) is 0 Å². The van der Waals surface area contributed by atoms with Crippen LogP contribution in [-0.4, -0.2) is 61.1 Å². The minimum atomic E-state index is -3.14. The number of nitrogens with zero attached hydrogens (tertiary/aromatic N) is 3. The zero-order valence-electron chi connectivity index (χ0n) is 13.1. The Kier molecular flexibility index (Phi) is 5.02. The maximum Gasteiger partial charge on any atom is 0.321 e. The van der Waals surface area contributed by atoms with Crippen molar-refractivity contribution in [1.29, 1.82) is 0 Å². The fraction of sp³-hybridized carbons (Fsp3) is 0.571. The van der Waals surface area contributed by atoms with Crippen LogP contribution >= 0.6 is 0 Å². The van der Waals surface area contributed by atoms with Gasteiger partial charge in [-0.15, -0.1) is 0 Å². The Morgan fingerprint density at radius 1 is 1.41 bits per heavy atom. The zero-order chi connectivity index (χ0) is 16.3. The molecule has 0 radical (unpaired) electrons. The second-order valence-electron chi connectivity index (χ2n) is 5.62. The van der Waals surface area contributed by atoms with Gasteiger partial charge in [0.1, 0.15) is 0 Å². The lowest BCUT2D eigenvalue weighted by Gasteiger charge is -2.35. The maximum absolute atomic E-state index is 12.3. The predicted octanol–water partition coefficient (Wildman–Crippen LogP) is 1.28. The Labute approximate surface area is 131 Å². The first kappa shape index (κ1) is 16.7. The number of carbonyl (C=O) groups excluding carboxylic acids is 1. The van der Waals surface area contributed by atoms with Crippen LogP contribution in [0.4, 0.5) is 10.5 Å². The van der Waals surface area contributed by atoms with E-state index in [9.17, 15) is 13.2 Å². The Morgan fingerprint density at radius 2 is 2.05 bits per heavy atom. The van der Waals surface area contributed by atoms with Crippen LogP contribution < -0.4 is 5.32 Å². The van der Waals surface area contributed by atoms with Gasteiger partial charge in [-0.1, -0.05) is 0 Å². The Hall–Kier alpha value is -1.67. The summed E-state index contributed by atoms with van der Waals surface area (Å²) in [6.07, 6.45) is 4.16. The SMILES string of the molecule is Cc1cc(NC(=O)N(C)C2CCN(S(C)(=O)=O)CC2)ccn1. The molecule has 0 aliphatic carbocycles. The molecule has 0 atom stereocenters. The van der Waals surface area contributed by atoms with E-state index in [0.717, 1.165) is 5.69 Å². The van der Waals surface area contributed by atoms with Gasteiger partial charge in [0.2, 0.25) is 10.0 Å². The van der Waals surface area contributed by atoms with E-state index < -0.39 is 10.0 Å². The molecular weight excluding hydrogens is 304 g/mol. The standard InChI is InChI=1S/C14H22N4O3S/c1-11-10-12(4-7-15-11)16-14(19)17(2)13-5-8-18(9-6-13)22(3,20)21/h4,7,10,13H,5-6,8-9H2,1-3H3,(H,15,16,19). The van der Waals surface area contributed by atoms with Gasteiger partial charge >= 0.3 is 6.03 Å². The summed E-state index contributed by atoms with van der Waals surface area (Å²) >= 11 is 0. The van der Waals surface area contributed by atoms with E-state index in [4.69, 9.17) is 0 Å². The van der Waals surface area contributed by atoms with Crippen molar-refractivity contribution >= 4 is 21.7 Å². The summed E-state index contributed by atoms with van der Waals surface area (Å²) in [5.74, 6) is 0. The van der Waals surface area contributed by atoms with Crippen LogP contribution in [0.3, 0.4) is 0 Å². The molecule has 2 heterocycles.